The summed E-state index contributed by atoms with van der Waals surface area (Å²) < 4.78 is 34.6. The Bertz CT molecular complexity index is 1140. The SMILES string of the molecule is CCOc1cccc(CNCCc2ccc(S(N)(=O)=O)cc2)c1OCc1ccccc1Cl.Cl. The minimum Gasteiger partial charge on any atom is -0.490 e. The van der Waals surface area contributed by atoms with Crippen LogP contribution in [-0.4, -0.2) is 21.6 Å². The lowest BCUT2D eigenvalue weighted by Crippen LogP contribution is -2.18. The molecule has 0 aromatic heterocycles. The second-order valence-corrected chi connectivity index (χ2v) is 9.14. The summed E-state index contributed by atoms with van der Waals surface area (Å²) in [6, 6.07) is 20.0. The van der Waals surface area contributed by atoms with Crippen molar-refractivity contribution in [1.82, 2.24) is 5.32 Å². The highest BCUT2D eigenvalue weighted by atomic mass is 35.5. The van der Waals surface area contributed by atoms with Gasteiger partial charge in [-0.25, -0.2) is 13.6 Å². The molecule has 9 heteroatoms. The first-order valence-electron chi connectivity index (χ1n) is 10.3. The average molecular weight is 511 g/mol. The van der Waals surface area contributed by atoms with Gasteiger partial charge in [0.15, 0.2) is 11.5 Å². The van der Waals surface area contributed by atoms with Gasteiger partial charge in [0.25, 0.3) is 0 Å². The Balaban J connectivity index is 0.00000385. The van der Waals surface area contributed by atoms with Gasteiger partial charge in [0.1, 0.15) is 6.61 Å². The highest BCUT2D eigenvalue weighted by molar-refractivity contribution is 7.89. The molecule has 0 unspecified atom stereocenters. The molecular weight excluding hydrogens is 483 g/mol. The van der Waals surface area contributed by atoms with Gasteiger partial charge in [-0.2, -0.15) is 0 Å². The topological polar surface area (TPSA) is 90.6 Å². The van der Waals surface area contributed by atoms with Crippen molar-refractivity contribution in [3.8, 4) is 11.5 Å². The molecule has 0 saturated carbocycles. The lowest BCUT2D eigenvalue weighted by atomic mass is 10.1. The Labute approximate surface area is 206 Å². The van der Waals surface area contributed by atoms with Gasteiger partial charge in [-0.15, -0.1) is 12.4 Å². The van der Waals surface area contributed by atoms with E-state index in [1.807, 2.05) is 49.4 Å². The van der Waals surface area contributed by atoms with Gasteiger partial charge >= 0.3 is 0 Å². The fourth-order valence-corrected chi connectivity index (χ4v) is 3.91. The molecular formula is C24H28Cl2N2O4S. The smallest absolute Gasteiger partial charge is 0.238 e. The number of nitrogens with two attached hydrogens (primary N) is 1. The minimum atomic E-state index is -3.67. The minimum absolute atomic E-state index is 0. The molecule has 0 bridgehead atoms. The molecule has 0 amide bonds. The van der Waals surface area contributed by atoms with E-state index in [0.29, 0.717) is 42.8 Å². The highest BCUT2D eigenvalue weighted by Gasteiger charge is 2.12. The van der Waals surface area contributed by atoms with Crippen molar-refractivity contribution in [1.29, 1.82) is 0 Å². The van der Waals surface area contributed by atoms with Crippen LogP contribution in [0.3, 0.4) is 0 Å². The number of rotatable bonds is 11. The van der Waals surface area contributed by atoms with Crippen molar-refractivity contribution in [2.24, 2.45) is 5.14 Å². The van der Waals surface area contributed by atoms with Gasteiger partial charge in [-0.05, 0) is 49.7 Å². The van der Waals surface area contributed by atoms with Crippen LogP contribution in [0, 0.1) is 0 Å². The zero-order chi connectivity index (χ0) is 23.0. The summed E-state index contributed by atoms with van der Waals surface area (Å²) in [5, 5.41) is 9.21. The third-order valence-corrected chi connectivity index (χ3v) is 6.15. The first-order valence-corrected chi connectivity index (χ1v) is 12.2. The normalized spacial score (nSPS) is 11.0. The number of hydrogen-bond acceptors (Lipinski definition) is 5. The number of para-hydroxylation sites is 1. The monoisotopic (exact) mass is 510 g/mol. The second kappa shape index (κ2) is 12.8. The second-order valence-electron chi connectivity index (χ2n) is 7.17. The van der Waals surface area contributed by atoms with Crippen LogP contribution in [0.15, 0.2) is 71.6 Å². The molecule has 3 N–H and O–H groups in total. The number of halogens is 2. The molecule has 6 nitrogen and oxygen atoms in total. The van der Waals surface area contributed by atoms with E-state index in [4.69, 9.17) is 26.2 Å². The number of sulfonamides is 1. The first-order chi connectivity index (χ1) is 15.4. The Hall–Kier alpha value is -2.29. The average Bonchev–Trinajstić information content (AvgIpc) is 2.77. The number of benzene rings is 3. The Morgan fingerprint density at radius 1 is 0.939 bits per heavy atom. The largest absolute Gasteiger partial charge is 0.490 e. The first kappa shape index (κ1) is 27.0. The molecule has 3 aromatic carbocycles. The summed E-state index contributed by atoms with van der Waals surface area (Å²) in [4.78, 5) is 0.113. The van der Waals surface area contributed by atoms with Crippen molar-refractivity contribution >= 4 is 34.0 Å². The van der Waals surface area contributed by atoms with Crippen LogP contribution in [0.4, 0.5) is 0 Å². The lowest BCUT2D eigenvalue weighted by molar-refractivity contribution is 0.266. The van der Waals surface area contributed by atoms with Gasteiger partial charge in [0, 0.05) is 22.7 Å². The molecule has 0 spiro atoms. The van der Waals surface area contributed by atoms with E-state index in [9.17, 15) is 8.42 Å². The summed E-state index contributed by atoms with van der Waals surface area (Å²) in [7, 11) is -3.67. The molecule has 178 valence electrons. The summed E-state index contributed by atoms with van der Waals surface area (Å²) >= 11 is 6.26. The third kappa shape index (κ3) is 7.91. The van der Waals surface area contributed by atoms with E-state index in [0.717, 1.165) is 23.1 Å². The maximum Gasteiger partial charge on any atom is 0.238 e. The van der Waals surface area contributed by atoms with Crippen LogP contribution in [0.1, 0.15) is 23.6 Å². The van der Waals surface area contributed by atoms with E-state index in [1.165, 1.54) is 12.1 Å². The molecule has 0 fully saturated rings. The van der Waals surface area contributed by atoms with Gasteiger partial charge in [-0.3, -0.25) is 0 Å². The molecule has 0 aliphatic carbocycles. The standard InChI is InChI=1S/C24H27ClN2O4S.ClH/c1-2-30-23-9-5-7-19(24(23)31-17-20-6-3-4-8-22(20)25)16-27-15-14-18-10-12-21(13-11-18)32(26,28)29;/h3-13,27H,2,14-17H2,1H3,(H2,26,28,29);1H. The molecule has 0 saturated heterocycles. The maximum absolute atomic E-state index is 11.4. The van der Waals surface area contributed by atoms with Crippen LogP contribution >= 0.6 is 24.0 Å². The Morgan fingerprint density at radius 3 is 2.30 bits per heavy atom. The van der Waals surface area contributed by atoms with E-state index in [-0.39, 0.29) is 17.3 Å². The van der Waals surface area contributed by atoms with Gasteiger partial charge in [-0.1, -0.05) is 54.1 Å². The van der Waals surface area contributed by atoms with Crippen LogP contribution < -0.4 is 19.9 Å². The number of primary sulfonamides is 1. The number of ether oxygens (including phenoxy) is 2. The van der Waals surface area contributed by atoms with Gasteiger partial charge in [0.05, 0.1) is 11.5 Å². The molecule has 33 heavy (non-hydrogen) atoms. The van der Waals surface area contributed by atoms with E-state index < -0.39 is 10.0 Å². The molecule has 0 heterocycles. The van der Waals surface area contributed by atoms with Gasteiger partial charge < -0.3 is 14.8 Å². The summed E-state index contributed by atoms with van der Waals surface area (Å²) in [6.07, 6.45) is 0.742. The summed E-state index contributed by atoms with van der Waals surface area (Å²) in [5.41, 5.74) is 2.90. The molecule has 0 aliphatic heterocycles. The van der Waals surface area contributed by atoms with E-state index in [2.05, 4.69) is 5.32 Å². The highest BCUT2D eigenvalue weighted by Crippen LogP contribution is 2.32. The van der Waals surface area contributed by atoms with Crippen molar-refractivity contribution in [3.63, 3.8) is 0 Å². The third-order valence-electron chi connectivity index (χ3n) is 4.85. The van der Waals surface area contributed by atoms with Crippen molar-refractivity contribution in [2.45, 2.75) is 31.4 Å². The van der Waals surface area contributed by atoms with Crippen molar-refractivity contribution < 1.29 is 17.9 Å². The van der Waals surface area contributed by atoms with Crippen LogP contribution in [0.25, 0.3) is 0 Å². The van der Waals surface area contributed by atoms with E-state index >= 15 is 0 Å². The van der Waals surface area contributed by atoms with Crippen molar-refractivity contribution in [3.05, 3.63) is 88.4 Å². The molecule has 0 atom stereocenters. The Kier molecular flexibility index (Phi) is 10.5. The summed E-state index contributed by atoms with van der Waals surface area (Å²) in [6.45, 7) is 4.11. The summed E-state index contributed by atoms with van der Waals surface area (Å²) in [5.74, 6) is 1.39. The predicted molar refractivity (Wildman–Crippen MR) is 134 cm³/mol. The quantitative estimate of drug-likeness (QED) is 0.364. The Morgan fingerprint density at radius 2 is 1.64 bits per heavy atom. The fourth-order valence-electron chi connectivity index (χ4n) is 3.20. The van der Waals surface area contributed by atoms with Crippen molar-refractivity contribution in [2.75, 3.05) is 13.2 Å². The maximum atomic E-state index is 11.4. The fraction of sp³-hybridized carbons (Fsp3) is 0.250. The number of hydrogen-bond donors (Lipinski definition) is 2. The zero-order valence-corrected chi connectivity index (χ0v) is 20.7. The van der Waals surface area contributed by atoms with Crippen LogP contribution in [-0.2, 0) is 29.6 Å². The van der Waals surface area contributed by atoms with Crippen LogP contribution in [0.2, 0.25) is 5.02 Å². The van der Waals surface area contributed by atoms with Crippen LogP contribution in [0.5, 0.6) is 11.5 Å². The molecule has 3 aromatic rings. The van der Waals surface area contributed by atoms with Gasteiger partial charge in [0.2, 0.25) is 10.0 Å². The molecule has 0 aliphatic rings. The molecule has 0 radical (unpaired) electrons. The number of nitrogens with one attached hydrogen (secondary N) is 1. The zero-order valence-electron chi connectivity index (χ0n) is 18.3. The lowest BCUT2D eigenvalue weighted by Gasteiger charge is -2.17. The van der Waals surface area contributed by atoms with E-state index in [1.54, 1.807) is 12.1 Å². The predicted octanol–water partition coefficient (Wildman–Crippen LogP) is 4.72. The molecule has 3 rings (SSSR count).